The molecule has 174 valence electrons. The van der Waals surface area contributed by atoms with Crippen LogP contribution in [-0.2, 0) is 4.79 Å². The van der Waals surface area contributed by atoms with E-state index in [4.69, 9.17) is 5.10 Å². The average molecular weight is 476 g/mol. The number of phenols is 2. The molecule has 0 saturated carbocycles. The van der Waals surface area contributed by atoms with Crippen molar-refractivity contribution in [3.63, 3.8) is 0 Å². The van der Waals surface area contributed by atoms with Crippen LogP contribution in [0.4, 0.5) is 5.82 Å². The quantitative estimate of drug-likeness (QED) is 0.440. The van der Waals surface area contributed by atoms with Gasteiger partial charge in [0.05, 0.1) is 27.9 Å². The number of carbonyl (C=O) groups excluding carboxylic acids is 1. The maximum atomic E-state index is 13.5. The average Bonchev–Trinajstić information content (AvgIpc) is 3.36. The minimum atomic E-state index is -0.176. The van der Waals surface area contributed by atoms with Gasteiger partial charge in [-0.25, -0.2) is 15.0 Å². The third-order valence-electron chi connectivity index (χ3n) is 7.15. The lowest BCUT2D eigenvalue weighted by molar-refractivity contribution is -0.140. The summed E-state index contributed by atoms with van der Waals surface area (Å²) < 4.78 is 1.10. The van der Waals surface area contributed by atoms with Gasteiger partial charge in [0.25, 0.3) is 0 Å². The van der Waals surface area contributed by atoms with Crippen LogP contribution in [0.5, 0.6) is 11.5 Å². The van der Waals surface area contributed by atoms with Crippen molar-refractivity contribution < 1.29 is 15.0 Å². The molecule has 2 aliphatic heterocycles. The lowest BCUT2D eigenvalue weighted by Crippen LogP contribution is -2.52. The Labute approximate surface area is 200 Å². The van der Waals surface area contributed by atoms with E-state index in [0.717, 1.165) is 59.7 Å². The van der Waals surface area contributed by atoms with Crippen LogP contribution in [0.2, 0.25) is 0 Å². The van der Waals surface area contributed by atoms with Gasteiger partial charge in [-0.1, -0.05) is 12.2 Å². The molecule has 0 unspecified atom stereocenters. The molecule has 9 heteroatoms. The third kappa shape index (κ3) is 3.51. The lowest BCUT2D eigenvalue weighted by Gasteiger charge is -2.42. The molecular formula is C25H25N5O3S. The molecule has 2 atom stereocenters. The molecular weight excluding hydrogens is 450 g/mol. The van der Waals surface area contributed by atoms with Crippen molar-refractivity contribution in [1.29, 1.82) is 0 Å². The summed E-state index contributed by atoms with van der Waals surface area (Å²) in [6, 6.07) is 6.81. The second-order valence-electron chi connectivity index (χ2n) is 9.08. The number of hydrogen-bond donors (Lipinski definition) is 2. The highest BCUT2D eigenvalue weighted by atomic mass is 32.1. The Bertz CT molecular complexity index is 1310. The second kappa shape index (κ2) is 8.39. The van der Waals surface area contributed by atoms with Crippen LogP contribution in [0.15, 0.2) is 53.2 Å². The smallest absolute Gasteiger partial charge is 0.247 e. The van der Waals surface area contributed by atoms with Crippen molar-refractivity contribution in [1.82, 2.24) is 15.0 Å². The minimum Gasteiger partial charge on any atom is -0.504 e. The summed E-state index contributed by atoms with van der Waals surface area (Å²) >= 11 is 1.65. The molecule has 34 heavy (non-hydrogen) atoms. The Morgan fingerprint density at radius 1 is 0.971 bits per heavy atom. The zero-order valence-electron chi connectivity index (χ0n) is 18.5. The van der Waals surface area contributed by atoms with Gasteiger partial charge in [-0.3, -0.25) is 4.79 Å². The van der Waals surface area contributed by atoms with Gasteiger partial charge in [0.1, 0.15) is 12.1 Å². The molecule has 1 aliphatic carbocycles. The SMILES string of the molecule is O=C1[C@@H]2CC=CC[C@@H]2C(c2ccc(O)c(O)c2)=NN1C1CCN(c2ncnc3ccsc23)CC1. The van der Waals surface area contributed by atoms with E-state index in [0.29, 0.717) is 6.42 Å². The number of phenolic OH excluding ortho intramolecular Hbond substituents is 2. The number of allylic oxidation sites excluding steroid dienone is 2. The number of benzene rings is 1. The van der Waals surface area contributed by atoms with Gasteiger partial charge in [-0.15, -0.1) is 11.3 Å². The molecule has 0 bridgehead atoms. The molecule has 6 rings (SSSR count). The van der Waals surface area contributed by atoms with Crippen LogP contribution in [0.1, 0.15) is 31.2 Å². The van der Waals surface area contributed by atoms with E-state index in [1.807, 2.05) is 11.4 Å². The highest BCUT2D eigenvalue weighted by Gasteiger charge is 2.43. The van der Waals surface area contributed by atoms with Crippen molar-refractivity contribution in [3.8, 4) is 11.5 Å². The first-order chi connectivity index (χ1) is 16.6. The number of fused-ring (bicyclic) bond motifs is 2. The van der Waals surface area contributed by atoms with Crippen LogP contribution in [-0.4, -0.2) is 55.9 Å². The maximum Gasteiger partial charge on any atom is 0.247 e. The first-order valence-electron chi connectivity index (χ1n) is 11.6. The number of piperidine rings is 1. The zero-order chi connectivity index (χ0) is 23.2. The van der Waals surface area contributed by atoms with Crippen LogP contribution in [0.25, 0.3) is 10.2 Å². The predicted octanol–water partition coefficient (Wildman–Crippen LogP) is 3.90. The fourth-order valence-electron chi connectivity index (χ4n) is 5.34. The summed E-state index contributed by atoms with van der Waals surface area (Å²) in [4.78, 5) is 24.7. The number of nitrogens with zero attached hydrogens (tertiary/aromatic N) is 5. The normalized spacial score (nSPS) is 23.3. The van der Waals surface area contributed by atoms with Crippen molar-refractivity contribution in [2.75, 3.05) is 18.0 Å². The van der Waals surface area contributed by atoms with Crippen LogP contribution in [0, 0.1) is 11.8 Å². The van der Waals surface area contributed by atoms with E-state index in [1.165, 1.54) is 6.07 Å². The molecule has 2 N–H and O–H groups in total. The fraction of sp³-hybridized carbons (Fsp3) is 0.360. The number of rotatable bonds is 3. The number of aromatic nitrogens is 2. The zero-order valence-corrected chi connectivity index (χ0v) is 19.4. The van der Waals surface area contributed by atoms with E-state index >= 15 is 0 Å². The standard InChI is InChI=1S/C25H25N5O3S/c31-20-6-5-15(13-21(20)32)22-17-3-1-2-4-18(17)25(33)30(28-22)16-7-10-29(11-8-16)24-23-19(9-12-34-23)26-14-27-24/h1-2,5-6,9,12-14,16-18,31-32H,3-4,7-8,10-11H2/t17-,18+/m0/s1. The first-order valence-corrected chi connectivity index (χ1v) is 12.5. The van der Waals surface area contributed by atoms with E-state index in [2.05, 4.69) is 27.0 Å². The Kier molecular flexibility index (Phi) is 5.21. The fourth-order valence-corrected chi connectivity index (χ4v) is 6.20. The highest BCUT2D eigenvalue weighted by molar-refractivity contribution is 7.17. The molecule has 1 amide bonds. The molecule has 1 fully saturated rings. The molecule has 3 aromatic rings. The van der Waals surface area contributed by atoms with Gasteiger partial charge in [0.2, 0.25) is 5.91 Å². The Morgan fingerprint density at radius 3 is 2.56 bits per heavy atom. The predicted molar refractivity (Wildman–Crippen MR) is 131 cm³/mol. The summed E-state index contributed by atoms with van der Waals surface area (Å²) in [7, 11) is 0. The van der Waals surface area contributed by atoms with Gasteiger partial charge in [0, 0.05) is 24.6 Å². The summed E-state index contributed by atoms with van der Waals surface area (Å²) in [5.74, 6) is 0.534. The second-order valence-corrected chi connectivity index (χ2v) is 9.99. The minimum absolute atomic E-state index is 0.0111. The summed E-state index contributed by atoms with van der Waals surface area (Å²) in [5.41, 5.74) is 2.52. The number of thiophene rings is 1. The van der Waals surface area contributed by atoms with Crippen molar-refractivity contribution in [2.24, 2.45) is 16.9 Å². The largest absolute Gasteiger partial charge is 0.504 e. The topological polar surface area (TPSA) is 102 Å². The van der Waals surface area contributed by atoms with Gasteiger partial charge in [0.15, 0.2) is 11.5 Å². The first kappa shape index (κ1) is 21.1. The van der Waals surface area contributed by atoms with Gasteiger partial charge in [-0.2, -0.15) is 5.10 Å². The molecule has 1 saturated heterocycles. The summed E-state index contributed by atoms with van der Waals surface area (Å²) in [5, 5.41) is 28.5. The van der Waals surface area contributed by atoms with Crippen LogP contribution < -0.4 is 4.90 Å². The summed E-state index contributed by atoms with van der Waals surface area (Å²) in [6.45, 7) is 1.58. The van der Waals surface area contributed by atoms with E-state index < -0.39 is 0 Å². The number of carbonyl (C=O) groups is 1. The number of hydrogen-bond acceptors (Lipinski definition) is 8. The Balaban J connectivity index is 1.28. The number of aromatic hydroxyl groups is 2. The van der Waals surface area contributed by atoms with Crippen molar-refractivity contribution in [2.45, 2.75) is 31.7 Å². The Hall–Kier alpha value is -3.46. The number of amides is 1. The third-order valence-corrected chi connectivity index (χ3v) is 8.05. The van der Waals surface area contributed by atoms with Gasteiger partial charge >= 0.3 is 0 Å². The number of anilines is 1. The number of hydrazone groups is 1. The monoisotopic (exact) mass is 475 g/mol. The van der Waals surface area contributed by atoms with Crippen LogP contribution >= 0.6 is 11.3 Å². The van der Waals surface area contributed by atoms with Crippen LogP contribution in [0.3, 0.4) is 0 Å². The molecule has 2 aromatic heterocycles. The highest BCUT2D eigenvalue weighted by Crippen LogP contribution is 2.38. The molecule has 1 aromatic carbocycles. The van der Waals surface area contributed by atoms with Crippen molar-refractivity contribution >= 4 is 39.0 Å². The van der Waals surface area contributed by atoms with Gasteiger partial charge in [-0.05, 0) is 55.3 Å². The Morgan fingerprint density at radius 2 is 1.76 bits per heavy atom. The molecule has 4 heterocycles. The van der Waals surface area contributed by atoms with Gasteiger partial charge < -0.3 is 15.1 Å². The van der Waals surface area contributed by atoms with Crippen molar-refractivity contribution in [3.05, 3.63) is 53.7 Å². The summed E-state index contributed by atoms with van der Waals surface area (Å²) in [6.07, 6.45) is 8.84. The maximum absolute atomic E-state index is 13.5. The molecule has 0 radical (unpaired) electrons. The molecule has 3 aliphatic rings. The van der Waals surface area contributed by atoms with E-state index in [-0.39, 0.29) is 35.3 Å². The lowest BCUT2D eigenvalue weighted by atomic mass is 9.76. The van der Waals surface area contributed by atoms with E-state index in [1.54, 1.807) is 34.8 Å². The molecule has 8 nitrogen and oxygen atoms in total. The van der Waals surface area contributed by atoms with E-state index in [9.17, 15) is 15.0 Å². The molecule has 0 spiro atoms.